The maximum absolute atomic E-state index is 11.6. The van der Waals surface area contributed by atoms with Crippen molar-refractivity contribution in [1.29, 1.82) is 0 Å². The van der Waals surface area contributed by atoms with Crippen molar-refractivity contribution in [2.45, 2.75) is 12.8 Å². The number of ether oxygens (including phenoxy) is 1. The van der Waals surface area contributed by atoms with Gasteiger partial charge in [-0.2, -0.15) is 0 Å². The third-order valence-electron chi connectivity index (χ3n) is 3.42. The lowest BCUT2D eigenvalue weighted by Crippen LogP contribution is -2.40. The Hall–Kier alpha value is -0.790. The molecule has 1 atom stereocenters. The Morgan fingerprint density at radius 1 is 1.50 bits per heavy atom. The molecule has 0 spiro atoms. The summed E-state index contributed by atoms with van der Waals surface area (Å²) in [6.07, 6.45) is 3.11. The molecule has 1 saturated heterocycles. The SMILES string of the molecule is CS(=O)(=O)N1CCCC(COc2cccc(N)c2Br)C1. The first-order chi connectivity index (χ1) is 9.38. The molecule has 1 aliphatic heterocycles. The number of nitrogen functional groups attached to an aromatic ring is 1. The number of piperidine rings is 1. The molecule has 1 fully saturated rings. The molecule has 1 aliphatic rings. The Morgan fingerprint density at radius 2 is 2.25 bits per heavy atom. The van der Waals surface area contributed by atoms with E-state index in [1.807, 2.05) is 12.1 Å². The van der Waals surface area contributed by atoms with E-state index in [0.29, 0.717) is 31.1 Å². The van der Waals surface area contributed by atoms with Gasteiger partial charge in [-0.1, -0.05) is 6.07 Å². The number of hydrogen-bond donors (Lipinski definition) is 1. The van der Waals surface area contributed by atoms with Gasteiger partial charge in [0.05, 0.1) is 17.3 Å². The standard InChI is InChI=1S/C13H19BrN2O3S/c1-20(17,18)16-7-3-4-10(8-16)9-19-12-6-2-5-11(15)13(12)14/h2,5-6,10H,3-4,7-9,15H2,1H3. The van der Waals surface area contributed by atoms with Crippen LogP contribution in [0.3, 0.4) is 0 Å². The van der Waals surface area contributed by atoms with Crippen LogP contribution in [0.15, 0.2) is 22.7 Å². The van der Waals surface area contributed by atoms with E-state index in [0.717, 1.165) is 17.3 Å². The lowest BCUT2D eigenvalue weighted by molar-refractivity contribution is 0.180. The molecule has 112 valence electrons. The molecular formula is C13H19BrN2O3S. The summed E-state index contributed by atoms with van der Waals surface area (Å²) in [5.74, 6) is 0.910. The first-order valence-electron chi connectivity index (χ1n) is 6.50. The number of halogens is 1. The van der Waals surface area contributed by atoms with Crippen molar-refractivity contribution >= 4 is 31.6 Å². The van der Waals surface area contributed by atoms with Crippen molar-refractivity contribution in [3.63, 3.8) is 0 Å². The molecule has 1 heterocycles. The van der Waals surface area contributed by atoms with Gasteiger partial charge in [-0.3, -0.25) is 0 Å². The molecule has 1 aromatic carbocycles. The molecule has 2 N–H and O–H groups in total. The Kier molecular flexibility index (Phi) is 4.93. The first-order valence-corrected chi connectivity index (χ1v) is 9.14. The summed E-state index contributed by atoms with van der Waals surface area (Å²) in [4.78, 5) is 0. The zero-order valence-corrected chi connectivity index (χ0v) is 13.8. The molecule has 5 nitrogen and oxygen atoms in total. The van der Waals surface area contributed by atoms with Gasteiger partial charge in [0.1, 0.15) is 5.75 Å². The van der Waals surface area contributed by atoms with Crippen molar-refractivity contribution < 1.29 is 13.2 Å². The van der Waals surface area contributed by atoms with Crippen molar-refractivity contribution in [3.05, 3.63) is 22.7 Å². The van der Waals surface area contributed by atoms with Gasteiger partial charge >= 0.3 is 0 Å². The summed E-state index contributed by atoms with van der Waals surface area (Å²) < 4.78 is 31.2. The fraction of sp³-hybridized carbons (Fsp3) is 0.538. The molecule has 0 aromatic heterocycles. The lowest BCUT2D eigenvalue weighted by Gasteiger charge is -2.30. The van der Waals surface area contributed by atoms with Gasteiger partial charge in [-0.15, -0.1) is 0 Å². The van der Waals surface area contributed by atoms with E-state index < -0.39 is 10.0 Å². The fourth-order valence-corrected chi connectivity index (χ4v) is 3.63. The number of rotatable bonds is 4. The van der Waals surface area contributed by atoms with E-state index in [2.05, 4.69) is 15.9 Å². The number of anilines is 1. The minimum atomic E-state index is -3.11. The van der Waals surface area contributed by atoms with Crippen molar-refractivity contribution in [3.8, 4) is 5.75 Å². The summed E-state index contributed by atoms with van der Waals surface area (Å²) in [5, 5.41) is 0. The van der Waals surface area contributed by atoms with Crippen LogP contribution >= 0.6 is 15.9 Å². The third kappa shape index (κ3) is 3.86. The molecule has 7 heteroatoms. The Morgan fingerprint density at radius 3 is 2.95 bits per heavy atom. The van der Waals surface area contributed by atoms with Crippen molar-refractivity contribution in [2.75, 3.05) is 31.7 Å². The van der Waals surface area contributed by atoms with Gasteiger partial charge in [0.15, 0.2) is 0 Å². The summed E-state index contributed by atoms with van der Waals surface area (Å²) in [7, 11) is -3.11. The summed E-state index contributed by atoms with van der Waals surface area (Å²) >= 11 is 3.39. The number of nitrogens with two attached hydrogens (primary N) is 1. The molecule has 2 rings (SSSR count). The summed E-state index contributed by atoms with van der Waals surface area (Å²) in [5.41, 5.74) is 6.42. The number of benzene rings is 1. The zero-order valence-electron chi connectivity index (χ0n) is 11.4. The fourth-order valence-electron chi connectivity index (χ4n) is 2.31. The molecule has 0 amide bonds. The quantitative estimate of drug-likeness (QED) is 0.832. The van der Waals surface area contributed by atoms with E-state index in [1.54, 1.807) is 6.07 Å². The predicted molar refractivity (Wildman–Crippen MR) is 83.2 cm³/mol. The normalized spacial score (nSPS) is 20.8. The van der Waals surface area contributed by atoms with Gasteiger partial charge < -0.3 is 10.5 Å². The van der Waals surface area contributed by atoms with Crippen LogP contribution in [-0.4, -0.2) is 38.7 Å². The van der Waals surface area contributed by atoms with Crippen LogP contribution < -0.4 is 10.5 Å². The first kappa shape index (κ1) is 15.6. The largest absolute Gasteiger partial charge is 0.492 e. The average Bonchev–Trinajstić information content (AvgIpc) is 2.40. The smallest absolute Gasteiger partial charge is 0.211 e. The van der Waals surface area contributed by atoms with Gasteiger partial charge in [-0.05, 0) is 40.9 Å². The van der Waals surface area contributed by atoms with Crippen LogP contribution in [0.5, 0.6) is 5.75 Å². The second-order valence-corrected chi connectivity index (χ2v) is 7.88. The molecule has 0 aliphatic carbocycles. The number of nitrogens with zero attached hydrogens (tertiary/aromatic N) is 1. The predicted octanol–water partition coefficient (Wildman–Crippen LogP) is 2.08. The number of sulfonamides is 1. The van der Waals surface area contributed by atoms with E-state index in [-0.39, 0.29) is 5.92 Å². The van der Waals surface area contributed by atoms with Gasteiger partial charge in [0.2, 0.25) is 10.0 Å². The van der Waals surface area contributed by atoms with Crippen LogP contribution in [0, 0.1) is 5.92 Å². The van der Waals surface area contributed by atoms with E-state index in [4.69, 9.17) is 10.5 Å². The minimum absolute atomic E-state index is 0.215. The van der Waals surface area contributed by atoms with Gasteiger partial charge in [0, 0.05) is 24.7 Å². The maximum Gasteiger partial charge on any atom is 0.211 e. The maximum atomic E-state index is 11.6. The Labute approximate surface area is 128 Å². The topological polar surface area (TPSA) is 72.6 Å². The molecule has 0 radical (unpaired) electrons. The van der Waals surface area contributed by atoms with Gasteiger partial charge in [-0.25, -0.2) is 12.7 Å². The zero-order chi connectivity index (χ0) is 14.8. The Bertz CT molecular complexity index is 577. The highest BCUT2D eigenvalue weighted by Gasteiger charge is 2.26. The van der Waals surface area contributed by atoms with E-state index >= 15 is 0 Å². The van der Waals surface area contributed by atoms with Crippen LogP contribution in [0.25, 0.3) is 0 Å². The summed E-state index contributed by atoms with van der Waals surface area (Å²) in [6, 6.07) is 5.47. The Balaban J connectivity index is 1.95. The molecule has 1 unspecified atom stereocenters. The second kappa shape index (κ2) is 6.32. The molecule has 0 bridgehead atoms. The monoisotopic (exact) mass is 362 g/mol. The highest BCUT2D eigenvalue weighted by molar-refractivity contribution is 9.10. The third-order valence-corrected chi connectivity index (χ3v) is 5.54. The summed E-state index contributed by atoms with van der Waals surface area (Å²) in [6.45, 7) is 1.63. The lowest BCUT2D eigenvalue weighted by atomic mass is 10.0. The molecule has 0 saturated carbocycles. The van der Waals surface area contributed by atoms with E-state index in [9.17, 15) is 8.42 Å². The van der Waals surface area contributed by atoms with Crippen LogP contribution in [-0.2, 0) is 10.0 Å². The molecular weight excluding hydrogens is 344 g/mol. The van der Waals surface area contributed by atoms with Crippen LogP contribution in [0.2, 0.25) is 0 Å². The molecule has 1 aromatic rings. The molecule has 20 heavy (non-hydrogen) atoms. The van der Waals surface area contributed by atoms with Crippen LogP contribution in [0.1, 0.15) is 12.8 Å². The van der Waals surface area contributed by atoms with Gasteiger partial charge in [0.25, 0.3) is 0 Å². The minimum Gasteiger partial charge on any atom is -0.492 e. The van der Waals surface area contributed by atoms with Crippen LogP contribution in [0.4, 0.5) is 5.69 Å². The second-order valence-electron chi connectivity index (χ2n) is 5.10. The van der Waals surface area contributed by atoms with Crippen molar-refractivity contribution in [1.82, 2.24) is 4.31 Å². The average molecular weight is 363 g/mol. The van der Waals surface area contributed by atoms with E-state index in [1.165, 1.54) is 10.6 Å². The highest BCUT2D eigenvalue weighted by atomic mass is 79.9. The number of hydrogen-bond acceptors (Lipinski definition) is 4. The highest BCUT2D eigenvalue weighted by Crippen LogP contribution is 2.31. The van der Waals surface area contributed by atoms with Crippen molar-refractivity contribution in [2.24, 2.45) is 5.92 Å².